The van der Waals surface area contributed by atoms with E-state index in [9.17, 15) is 17.6 Å². The number of hydrogen-bond acceptors (Lipinski definition) is 4. The molecule has 7 nitrogen and oxygen atoms in total. The van der Waals surface area contributed by atoms with Gasteiger partial charge in [-0.1, -0.05) is 24.3 Å². The molecular weight excluding hydrogens is 455 g/mol. The van der Waals surface area contributed by atoms with E-state index in [1.807, 2.05) is 12.1 Å². The van der Waals surface area contributed by atoms with Crippen LogP contribution in [0.2, 0.25) is 0 Å². The van der Waals surface area contributed by atoms with Gasteiger partial charge in [0.05, 0.1) is 11.4 Å². The van der Waals surface area contributed by atoms with Crippen molar-refractivity contribution in [3.8, 4) is 0 Å². The van der Waals surface area contributed by atoms with E-state index in [4.69, 9.17) is 0 Å². The molecule has 0 aliphatic carbocycles. The van der Waals surface area contributed by atoms with Crippen molar-refractivity contribution in [2.24, 2.45) is 0 Å². The molecular formula is C25H29FN4O3S. The molecule has 2 aromatic carbocycles. The molecule has 0 radical (unpaired) electrons. The highest BCUT2D eigenvalue weighted by atomic mass is 32.2. The second-order valence-electron chi connectivity index (χ2n) is 9.10. The van der Waals surface area contributed by atoms with Crippen LogP contribution in [-0.4, -0.2) is 79.2 Å². The first kappa shape index (κ1) is 23.0. The molecule has 0 atom stereocenters. The highest BCUT2D eigenvalue weighted by Gasteiger charge is 2.31. The molecule has 2 fully saturated rings. The first-order valence-electron chi connectivity index (χ1n) is 11.7. The zero-order chi connectivity index (χ0) is 23.7. The van der Waals surface area contributed by atoms with Crippen LogP contribution in [0, 0.1) is 5.82 Å². The molecule has 3 heterocycles. The molecule has 2 aliphatic heterocycles. The normalized spacial score (nSPS) is 19.0. The van der Waals surface area contributed by atoms with Gasteiger partial charge in [-0.25, -0.2) is 12.8 Å². The molecule has 2 saturated heterocycles. The second-order valence-corrected chi connectivity index (χ2v) is 11.0. The predicted molar refractivity (Wildman–Crippen MR) is 128 cm³/mol. The molecule has 3 aromatic rings. The van der Waals surface area contributed by atoms with Crippen LogP contribution in [0.25, 0.3) is 10.9 Å². The molecule has 0 unspecified atom stereocenters. The van der Waals surface area contributed by atoms with Gasteiger partial charge in [-0.3, -0.25) is 9.69 Å². The van der Waals surface area contributed by atoms with Crippen molar-refractivity contribution in [3.05, 3.63) is 66.1 Å². The maximum absolute atomic E-state index is 13.5. The Balaban J connectivity index is 1.11. The average Bonchev–Trinajstić information content (AvgIpc) is 3.29. The number of para-hydroxylation sites is 1. The Morgan fingerprint density at radius 2 is 1.68 bits per heavy atom. The molecule has 2 aliphatic rings. The number of carbonyl (C=O) groups excluding carboxylic acids is 1. The number of H-pyrrole nitrogens is 1. The minimum absolute atomic E-state index is 0.0341. The molecule has 34 heavy (non-hydrogen) atoms. The fraction of sp³-hybridized carbons (Fsp3) is 0.400. The molecule has 0 spiro atoms. The summed E-state index contributed by atoms with van der Waals surface area (Å²) in [5, 5.41) is 1.23. The summed E-state index contributed by atoms with van der Waals surface area (Å²) in [5.74, 6) is -0.0783. The van der Waals surface area contributed by atoms with Gasteiger partial charge in [0.25, 0.3) is 0 Å². The van der Waals surface area contributed by atoms with E-state index in [2.05, 4.69) is 28.1 Å². The third-order valence-electron chi connectivity index (χ3n) is 6.96. The summed E-state index contributed by atoms with van der Waals surface area (Å²) in [5.41, 5.74) is 2.43. The van der Waals surface area contributed by atoms with Gasteiger partial charge >= 0.3 is 0 Å². The van der Waals surface area contributed by atoms with Gasteiger partial charge in [-0.2, -0.15) is 4.31 Å². The van der Waals surface area contributed by atoms with Crippen LogP contribution in [0.1, 0.15) is 24.5 Å². The smallest absolute Gasteiger partial charge is 0.243 e. The summed E-state index contributed by atoms with van der Waals surface area (Å²) in [4.78, 5) is 20.3. The molecule has 9 heteroatoms. The lowest BCUT2D eigenvalue weighted by atomic mass is 9.93. The third kappa shape index (κ3) is 4.73. The van der Waals surface area contributed by atoms with E-state index in [0.717, 1.165) is 37.5 Å². The first-order valence-corrected chi connectivity index (χ1v) is 13.2. The molecule has 0 bridgehead atoms. The molecule has 1 aromatic heterocycles. The Morgan fingerprint density at radius 3 is 2.38 bits per heavy atom. The molecule has 1 amide bonds. The maximum Gasteiger partial charge on any atom is 0.243 e. The third-order valence-corrected chi connectivity index (χ3v) is 8.86. The second kappa shape index (κ2) is 9.48. The van der Waals surface area contributed by atoms with E-state index < -0.39 is 15.8 Å². The van der Waals surface area contributed by atoms with Crippen molar-refractivity contribution in [3.63, 3.8) is 0 Å². The fourth-order valence-electron chi connectivity index (χ4n) is 4.96. The molecule has 0 saturated carbocycles. The molecule has 5 rings (SSSR count). The van der Waals surface area contributed by atoms with Crippen LogP contribution < -0.4 is 0 Å². The number of fused-ring (bicyclic) bond motifs is 1. The van der Waals surface area contributed by atoms with Gasteiger partial charge in [-0.15, -0.1) is 0 Å². The summed E-state index contributed by atoms with van der Waals surface area (Å²) in [6, 6.07) is 15.6. The Morgan fingerprint density at radius 1 is 0.941 bits per heavy atom. The van der Waals surface area contributed by atoms with E-state index in [0.29, 0.717) is 25.6 Å². The highest BCUT2D eigenvalue weighted by Crippen LogP contribution is 2.30. The van der Waals surface area contributed by atoms with Gasteiger partial charge < -0.3 is 9.88 Å². The van der Waals surface area contributed by atoms with Gasteiger partial charge in [0.2, 0.25) is 15.9 Å². The minimum Gasteiger partial charge on any atom is -0.358 e. The lowest BCUT2D eigenvalue weighted by molar-refractivity contribution is -0.133. The summed E-state index contributed by atoms with van der Waals surface area (Å²) in [7, 11) is -3.76. The van der Waals surface area contributed by atoms with E-state index in [-0.39, 0.29) is 23.9 Å². The summed E-state index contributed by atoms with van der Waals surface area (Å²) in [6.45, 7) is 3.20. The SMILES string of the molecule is O=C(CN1CCC(c2cc3ccccc3[nH]2)CC1)N1CCN(S(=O)(=O)c2cccc(F)c2)CC1. The lowest BCUT2D eigenvalue weighted by Crippen LogP contribution is -2.53. The van der Waals surface area contributed by atoms with Crippen molar-refractivity contribution in [1.82, 2.24) is 19.1 Å². The standard InChI is InChI=1S/C25H29FN4O3S/c26-21-5-3-6-22(17-21)34(32,33)30-14-12-29(13-15-30)25(31)18-28-10-8-19(9-11-28)24-16-20-4-1-2-7-23(20)27-24/h1-7,16-17,19,27H,8-15,18H2. The van der Waals surface area contributed by atoms with Crippen molar-refractivity contribution in [2.45, 2.75) is 23.7 Å². The van der Waals surface area contributed by atoms with E-state index in [1.165, 1.54) is 33.6 Å². The summed E-state index contributed by atoms with van der Waals surface area (Å²) < 4.78 is 40.4. The lowest BCUT2D eigenvalue weighted by Gasteiger charge is -2.36. The average molecular weight is 485 g/mol. The van der Waals surface area contributed by atoms with Gasteiger partial charge in [-0.05, 0) is 61.6 Å². The monoisotopic (exact) mass is 484 g/mol. The maximum atomic E-state index is 13.5. The Hall–Kier alpha value is -2.75. The van der Waals surface area contributed by atoms with Crippen molar-refractivity contribution < 1.29 is 17.6 Å². The number of hydrogen-bond donors (Lipinski definition) is 1. The van der Waals surface area contributed by atoms with Crippen molar-refractivity contribution in [2.75, 3.05) is 45.8 Å². The number of aromatic nitrogens is 1. The number of halogens is 1. The number of carbonyl (C=O) groups is 1. The van der Waals surface area contributed by atoms with Gasteiger partial charge in [0, 0.05) is 43.3 Å². The van der Waals surface area contributed by atoms with Crippen LogP contribution in [0.5, 0.6) is 0 Å². The van der Waals surface area contributed by atoms with E-state index >= 15 is 0 Å². The number of likely N-dealkylation sites (tertiary alicyclic amines) is 1. The quantitative estimate of drug-likeness (QED) is 0.604. The number of rotatable bonds is 5. The minimum atomic E-state index is -3.76. The summed E-state index contributed by atoms with van der Waals surface area (Å²) >= 11 is 0. The highest BCUT2D eigenvalue weighted by molar-refractivity contribution is 7.89. The largest absolute Gasteiger partial charge is 0.358 e. The Kier molecular flexibility index (Phi) is 6.42. The van der Waals surface area contributed by atoms with Gasteiger partial charge in [0.1, 0.15) is 5.82 Å². The molecule has 1 N–H and O–H groups in total. The number of amides is 1. The topological polar surface area (TPSA) is 76.7 Å². The Bertz CT molecular complexity index is 1240. The number of benzene rings is 2. The summed E-state index contributed by atoms with van der Waals surface area (Å²) in [6.07, 6.45) is 2.00. The number of nitrogens with zero attached hydrogens (tertiary/aromatic N) is 3. The van der Waals surface area contributed by atoms with E-state index in [1.54, 1.807) is 4.90 Å². The number of sulfonamides is 1. The van der Waals surface area contributed by atoms with Crippen LogP contribution in [0.4, 0.5) is 4.39 Å². The zero-order valence-corrected chi connectivity index (χ0v) is 19.8. The zero-order valence-electron chi connectivity index (χ0n) is 19.0. The van der Waals surface area contributed by atoms with Crippen LogP contribution >= 0.6 is 0 Å². The van der Waals surface area contributed by atoms with Crippen molar-refractivity contribution >= 4 is 26.8 Å². The van der Waals surface area contributed by atoms with Crippen molar-refractivity contribution in [1.29, 1.82) is 0 Å². The first-order chi connectivity index (χ1) is 16.4. The van der Waals surface area contributed by atoms with Crippen LogP contribution in [0.15, 0.2) is 59.5 Å². The number of piperazine rings is 1. The molecule has 180 valence electrons. The number of nitrogens with one attached hydrogen (secondary N) is 1. The predicted octanol–water partition coefficient (Wildman–Crippen LogP) is 3.02. The number of aromatic amines is 1. The van der Waals surface area contributed by atoms with Crippen LogP contribution in [-0.2, 0) is 14.8 Å². The van der Waals surface area contributed by atoms with Crippen LogP contribution in [0.3, 0.4) is 0 Å². The Labute approximate surface area is 199 Å². The number of piperidine rings is 1. The fourth-order valence-corrected chi connectivity index (χ4v) is 6.42. The van der Waals surface area contributed by atoms with Gasteiger partial charge in [0.15, 0.2) is 0 Å².